The summed E-state index contributed by atoms with van der Waals surface area (Å²) in [6, 6.07) is 6.09. The van der Waals surface area contributed by atoms with Crippen molar-refractivity contribution in [3.8, 4) is 5.88 Å². The summed E-state index contributed by atoms with van der Waals surface area (Å²) >= 11 is 6.01. The van der Waals surface area contributed by atoms with Crippen LogP contribution in [0, 0.1) is 17.2 Å². The highest BCUT2D eigenvalue weighted by Crippen LogP contribution is 2.38. The largest absolute Gasteiger partial charge is 0.481 e. The summed E-state index contributed by atoms with van der Waals surface area (Å²) in [5.74, 6) is -0.978. The summed E-state index contributed by atoms with van der Waals surface area (Å²) in [7, 11) is 0.363. The lowest BCUT2D eigenvalue weighted by molar-refractivity contribution is 0.0209. The first-order chi connectivity index (χ1) is 18.7. The molecule has 0 amide bonds. The van der Waals surface area contributed by atoms with E-state index in [1.807, 2.05) is 4.57 Å². The summed E-state index contributed by atoms with van der Waals surface area (Å²) in [6.45, 7) is 16.5. The zero-order valence-corrected chi connectivity index (χ0v) is 26.5. The molecule has 3 aromatic rings. The number of hydrogen-bond acceptors (Lipinski definition) is 6. The molecule has 1 radical (unpaired) electrons. The van der Waals surface area contributed by atoms with Gasteiger partial charge in [0.1, 0.15) is 17.0 Å². The second-order valence-electron chi connectivity index (χ2n) is 11.5. The van der Waals surface area contributed by atoms with E-state index in [1.165, 1.54) is 19.4 Å². The maximum absolute atomic E-state index is 14.8. The molecule has 0 spiro atoms. The number of esters is 1. The molecule has 0 aliphatic rings. The quantitative estimate of drug-likeness (QED) is 0.190. The van der Waals surface area contributed by atoms with Gasteiger partial charge in [-0.05, 0) is 49.0 Å². The van der Waals surface area contributed by atoms with Gasteiger partial charge in [0.25, 0.3) is 0 Å². The van der Waals surface area contributed by atoms with Gasteiger partial charge in [0, 0.05) is 18.2 Å². The predicted molar refractivity (Wildman–Crippen MR) is 158 cm³/mol. The second-order valence-corrected chi connectivity index (χ2v) is 13.9. The Morgan fingerprint density at radius 1 is 1.20 bits per heavy atom. The number of ether oxygens (including phenoxy) is 2. The Balaban J connectivity index is 2.40. The first kappa shape index (κ1) is 31.8. The Kier molecular flexibility index (Phi) is 10.2. The average molecular weight is 590 g/mol. The number of carbonyl (C=O) groups excluding carboxylic acids is 1. The minimum atomic E-state index is -1.11. The first-order valence-electron chi connectivity index (χ1n) is 13.4. The van der Waals surface area contributed by atoms with Crippen molar-refractivity contribution in [2.45, 2.75) is 73.2 Å². The smallest absolute Gasteiger partial charge is 0.343 e. The molecule has 0 saturated carbocycles. The highest BCUT2D eigenvalue weighted by molar-refractivity contribution is 6.48. The zero-order valence-electron chi connectivity index (χ0n) is 24.7. The maximum atomic E-state index is 14.8. The van der Waals surface area contributed by atoms with Crippen molar-refractivity contribution in [1.29, 1.82) is 0 Å². The van der Waals surface area contributed by atoms with Crippen LogP contribution in [0.4, 0.5) is 4.39 Å². The second kappa shape index (κ2) is 12.8. The predicted octanol–water partition coefficient (Wildman–Crippen LogP) is 6.84. The van der Waals surface area contributed by atoms with E-state index in [1.54, 1.807) is 25.1 Å². The van der Waals surface area contributed by atoms with Crippen LogP contribution < -0.4 is 10.2 Å². The molecule has 0 aliphatic heterocycles. The summed E-state index contributed by atoms with van der Waals surface area (Å²) in [6.07, 6.45) is 1.36. The van der Waals surface area contributed by atoms with E-state index in [4.69, 9.17) is 30.5 Å². The third-order valence-electron chi connectivity index (χ3n) is 6.68. The molecule has 217 valence electrons. The third-order valence-corrected chi connectivity index (χ3v) is 7.69. The highest BCUT2D eigenvalue weighted by Gasteiger charge is 2.38. The Labute approximate surface area is 242 Å². The molecule has 0 bridgehead atoms. The van der Waals surface area contributed by atoms with Gasteiger partial charge in [-0.1, -0.05) is 58.4 Å². The van der Waals surface area contributed by atoms with Crippen LogP contribution >= 0.6 is 11.6 Å². The molecule has 0 aliphatic carbocycles. The number of fused-ring (bicyclic) bond motifs is 1. The molecule has 2 aromatic heterocycles. The molecular weight excluding hydrogens is 551 g/mol. The van der Waals surface area contributed by atoms with Crippen molar-refractivity contribution in [2.75, 3.05) is 13.7 Å². The molecule has 2 heterocycles. The van der Waals surface area contributed by atoms with E-state index >= 15 is 0 Å². The number of benzene rings is 1. The first-order valence-corrected chi connectivity index (χ1v) is 16.2. The van der Waals surface area contributed by atoms with E-state index in [0.717, 1.165) is 0 Å². The maximum Gasteiger partial charge on any atom is 0.343 e. The van der Waals surface area contributed by atoms with E-state index in [0.29, 0.717) is 16.8 Å². The number of nitrogens with zero attached hydrogens (tertiary/aromatic N) is 2. The Morgan fingerprint density at radius 3 is 2.42 bits per heavy atom. The average Bonchev–Trinajstić information content (AvgIpc) is 2.86. The normalized spacial score (nSPS) is 13.6. The Morgan fingerprint density at radius 2 is 1.88 bits per heavy atom. The van der Waals surface area contributed by atoms with Crippen molar-refractivity contribution in [1.82, 2.24) is 9.55 Å². The fourth-order valence-corrected chi connectivity index (χ4v) is 6.10. The van der Waals surface area contributed by atoms with Gasteiger partial charge in [-0.3, -0.25) is 4.79 Å². The fraction of sp³-hybridized carbons (Fsp3) is 0.500. The molecule has 0 N–H and O–H groups in total. The standard InChI is InChI=1S/C30H39ClFN2O5Si/c1-10-38-29(36)21-16-34(24(17(2)3)26(30(4,5)6)39-40(8)9)27-20(25(21)35)15-19(28(33-27)37-7)14-18-12-11-13-22(31)23(18)32/h11-13,15-17,24,26H,10,14H2,1-9H3/t24-,26?/m0/s1. The number of halogens is 2. The van der Waals surface area contributed by atoms with Crippen LogP contribution in [0.5, 0.6) is 5.88 Å². The van der Waals surface area contributed by atoms with E-state index in [-0.39, 0.29) is 58.4 Å². The van der Waals surface area contributed by atoms with Gasteiger partial charge in [0.15, 0.2) is 0 Å². The zero-order chi connectivity index (χ0) is 29.9. The van der Waals surface area contributed by atoms with Gasteiger partial charge in [-0.2, -0.15) is 4.98 Å². The van der Waals surface area contributed by atoms with Crippen LogP contribution in [-0.2, 0) is 15.6 Å². The van der Waals surface area contributed by atoms with Crippen LogP contribution in [0.2, 0.25) is 18.1 Å². The molecule has 0 fully saturated rings. The SMILES string of the molecule is CCOC(=O)c1cn([C@@H](C(C)C)C(O[Si](C)C)C(C)(C)C)c2nc(OC)c(Cc3cccc(Cl)c3F)cc2c1=O. The summed E-state index contributed by atoms with van der Waals surface area (Å²) < 4.78 is 34.1. The molecule has 2 atom stereocenters. The highest BCUT2D eigenvalue weighted by atomic mass is 35.5. The molecule has 10 heteroatoms. The number of hydrogen-bond donors (Lipinski definition) is 0. The minimum absolute atomic E-state index is 0.00192. The monoisotopic (exact) mass is 589 g/mol. The summed E-state index contributed by atoms with van der Waals surface area (Å²) in [5.41, 5.74) is 0.276. The Hall–Kier alpha value is -2.75. The van der Waals surface area contributed by atoms with Gasteiger partial charge in [-0.15, -0.1) is 0 Å². The van der Waals surface area contributed by atoms with Crippen LogP contribution in [0.3, 0.4) is 0 Å². The molecule has 3 rings (SSSR count). The molecule has 1 unspecified atom stereocenters. The van der Waals surface area contributed by atoms with Gasteiger partial charge in [0.2, 0.25) is 20.3 Å². The summed E-state index contributed by atoms with van der Waals surface area (Å²) in [4.78, 5) is 31.5. The van der Waals surface area contributed by atoms with Crippen molar-refractivity contribution >= 4 is 37.6 Å². The van der Waals surface area contributed by atoms with Crippen LogP contribution in [0.25, 0.3) is 11.0 Å². The van der Waals surface area contributed by atoms with E-state index in [9.17, 15) is 14.0 Å². The van der Waals surface area contributed by atoms with Crippen LogP contribution in [-0.4, -0.2) is 44.4 Å². The lowest BCUT2D eigenvalue weighted by atomic mass is 9.80. The van der Waals surface area contributed by atoms with Crippen LogP contribution in [0.15, 0.2) is 35.3 Å². The molecule has 1 aromatic carbocycles. The number of methoxy groups -OCH3 is 1. The molecule has 0 saturated heterocycles. The lowest BCUT2D eigenvalue weighted by Crippen LogP contribution is -2.43. The van der Waals surface area contributed by atoms with Crippen molar-refractivity contribution in [2.24, 2.45) is 11.3 Å². The van der Waals surface area contributed by atoms with Crippen molar-refractivity contribution in [3.63, 3.8) is 0 Å². The van der Waals surface area contributed by atoms with Crippen molar-refractivity contribution < 1.29 is 23.1 Å². The minimum Gasteiger partial charge on any atom is -0.481 e. The van der Waals surface area contributed by atoms with Gasteiger partial charge in [0.05, 0.1) is 36.3 Å². The van der Waals surface area contributed by atoms with E-state index in [2.05, 4.69) is 47.7 Å². The number of carbonyl (C=O) groups is 1. The number of rotatable bonds is 10. The Bertz CT molecular complexity index is 1430. The molecule has 7 nitrogen and oxygen atoms in total. The fourth-order valence-electron chi connectivity index (χ4n) is 4.90. The van der Waals surface area contributed by atoms with Gasteiger partial charge >= 0.3 is 5.97 Å². The number of pyridine rings is 2. The third kappa shape index (κ3) is 6.75. The summed E-state index contributed by atoms with van der Waals surface area (Å²) in [5, 5.41) is 0.207. The van der Waals surface area contributed by atoms with Gasteiger partial charge < -0.3 is 18.5 Å². The van der Waals surface area contributed by atoms with Crippen LogP contribution in [0.1, 0.15) is 69.1 Å². The molecular formula is C30H39ClFN2O5Si. The molecule has 40 heavy (non-hydrogen) atoms. The topological polar surface area (TPSA) is 79.7 Å². The van der Waals surface area contributed by atoms with E-state index < -0.39 is 26.3 Å². The van der Waals surface area contributed by atoms with Gasteiger partial charge in [-0.25, -0.2) is 9.18 Å². The number of aromatic nitrogens is 2. The lowest BCUT2D eigenvalue weighted by Gasteiger charge is -2.41. The van der Waals surface area contributed by atoms with Crippen molar-refractivity contribution in [3.05, 3.63) is 68.2 Å².